The summed E-state index contributed by atoms with van der Waals surface area (Å²) in [6.45, 7) is 2.51. The summed E-state index contributed by atoms with van der Waals surface area (Å²) in [6.07, 6.45) is -7.76. The molecular weight excluding hydrogens is 352 g/mol. The van der Waals surface area contributed by atoms with Crippen molar-refractivity contribution in [2.24, 2.45) is 0 Å². The summed E-state index contributed by atoms with van der Waals surface area (Å²) in [6, 6.07) is -1.99. The van der Waals surface area contributed by atoms with Crippen molar-refractivity contribution < 1.29 is 44.6 Å². The number of nitrogens with one attached hydrogen (secondary N) is 2. The number of ether oxygens (including phenoxy) is 2. The maximum atomic E-state index is 11.5. The van der Waals surface area contributed by atoms with E-state index < -0.39 is 73.9 Å². The minimum absolute atomic E-state index is 0.452. The van der Waals surface area contributed by atoms with Gasteiger partial charge in [0.2, 0.25) is 11.8 Å². The molecule has 1 rings (SSSR count). The third kappa shape index (κ3) is 5.84. The molecule has 11 heteroatoms. The Bertz CT molecular complexity index is 478. The van der Waals surface area contributed by atoms with Crippen LogP contribution in [0.15, 0.2) is 0 Å². The molecule has 8 atom stereocenters. The van der Waals surface area contributed by atoms with Crippen LogP contribution in [0.3, 0.4) is 0 Å². The monoisotopic (exact) mass is 380 g/mol. The van der Waals surface area contributed by atoms with E-state index >= 15 is 0 Å². The van der Waals surface area contributed by atoms with Gasteiger partial charge in [-0.05, 0) is 6.92 Å². The lowest BCUT2D eigenvalue weighted by molar-refractivity contribution is -0.272. The number of aliphatic hydroxyl groups excluding tert-OH is 5. The predicted octanol–water partition coefficient (Wildman–Crippen LogP) is -3.81. The van der Waals surface area contributed by atoms with Gasteiger partial charge in [-0.25, -0.2) is 0 Å². The highest BCUT2D eigenvalue weighted by molar-refractivity contribution is 5.75. The van der Waals surface area contributed by atoms with Crippen LogP contribution in [-0.2, 0) is 19.1 Å². The first-order chi connectivity index (χ1) is 12.1. The van der Waals surface area contributed by atoms with Crippen LogP contribution in [0.5, 0.6) is 0 Å². The summed E-state index contributed by atoms with van der Waals surface area (Å²) >= 11 is 0. The zero-order chi connectivity index (χ0) is 20.0. The Hall–Kier alpha value is -1.34. The molecular formula is C15H28N2O9. The van der Waals surface area contributed by atoms with Crippen molar-refractivity contribution in [1.29, 1.82) is 0 Å². The first kappa shape index (κ1) is 22.7. The van der Waals surface area contributed by atoms with Crippen molar-refractivity contribution in [2.45, 2.75) is 69.7 Å². The van der Waals surface area contributed by atoms with Gasteiger partial charge in [-0.2, -0.15) is 0 Å². The quantitative estimate of drug-likeness (QED) is 0.222. The molecule has 0 radical (unpaired) electrons. The minimum Gasteiger partial charge on any atom is -0.394 e. The molecule has 7 N–H and O–H groups in total. The molecule has 0 aliphatic carbocycles. The summed E-state index contributed by atoms with van der Waals surface area (Å²) in [4.78, 5) is 23.0. The largest absolute Gasteiger partial charge is 0.394 e. The molecule has 0 spiro atoms. The maximum absolute atomic E-state index is 11.5. The summed E-state index contributed by atoms with van der Waals surface area (Å²) in [5, 5.41) is 53.2. The van der Waals surface area contributed by atoms with E-state index in [0.717, 1.165) is 0 Å². The lowest BCUT2D eigenvalue weighted by atomic mass is 9.94. The van der Waals surface area contributed by atoms with Gasteiger partial charge in [0.25, 0.3) is 0 Å². The van der Waals surface area contributed by atoms with Crippen molar-refractivity contribution in [1.82, 2.24) is 10.6 Å². The van der Waals surface area contributed by atoms with E-state index in [0.29, 0.717) is 0 Å². The van der Waals surface area contributed by atoms with Gasteiger partial charge in [0.1, 0.15) is 30.5 Å². The zero-order valence-electron chi connectivity index (χ0n) is 14.9. The molecule has 152 valence electrons. The van der Waals surface area contributed by atoms with Gasteiger partial charge in [-0.15, -0.1) is 0 Å². The van der Waals surface area contributed by atoms with Gasteiger partial charge in [0, 0.05) is 13.8 Å². The van der Waals surface area contributed by atoms with Crippen molar-refractivity contribution in [3.8, 4) is 0 Å². The SMILES string of the molecule is CC(=O)N[C@@H]1[C@@H](O)[C@H](C)O[C@H](O[C@H](CO)[C@H](O)[C@H](O)CO)[C@@H]1NC(C)=O. The Labute approximate surface area is 150 Å². The lowest BCUT2D eigenvalue weighted by Crippen LogP contribution is -2.69. The molecule has 1 aliphatic heterocycles. The Kier molecular flexibility index (Phi) is 8.83. The standard InChI is InChI=1S/C15H28N2O9/c1-6-13(23)11(16-7(2)20)12(17-8(3)21)15(25-6)26-10(5-19)14(24)9(22)4-18/h6,9-15,18-19,22-24H,4-5H2,1-3H3,(H,16,20)(H,17,21)/t6-,9+,10+,11-,12+,13-,14+,15+/m0/s1. The van der Waals surface area contributed by atoms with E-state index in [9.17, 15) is 30.0 Å². The normalized spacial score (nSPS) is 32.4. The number of amides is 2. The molecule has 1 aliphatic rings. The molecule has 0 unspecified atom stereocenters. The van der Waals surface area contributed by atoms with E-state index in [1.165, 1.54) is 20.8 Å². The van der Waals surface area contributed by atoms with Crippen LogP contribution in [0, 0.1) is 0 Å². The van der Waals surface area contributed by atoms with Crippen molar-refractivity contribution in [3.63, 3.8) is 0 Å². The highest BCUT2D eigenvalue weighted by Gasteiger charge is 2.46. The van der Waals surface area contributed by atoms with Crippen LogP contribution in [0.2, 0.25) is 0 Å². The van der Waals surface area contributed by atoms with E-state index in [1.807, 2.05) is 0 Å². The molecule has 0 aromatic heterocycles. The van der Waals surface area contributed by atoms with Crippen molar-refractivity contribution in [2.75, 3.05) is 13.2 Å². The van der Waals surface area contributed by atoms with Crippen LogP contribution >= 0.6 is 0 Å². The maximum Gasteiger partial charge on any atom is 0.217 e. The number of aliphatic hydroxyl groups is 5. The second-order valence-electron chi connectivity index (χ2n) is 6.25. The van der Waals surface area contributed by atoms with E-state index in [-0.39, 0.29) is 0 Å². The average molecular weight is 380 g/mol. The van der Waals surface area contributed by atoms with E-state index in [1.54, 1.807) is 0 Å². The fraction of sp³-hybridized carbons (Fsp3) is 0.867. The molecule has 1 fully saturated rings. The van der Waals surface area contributed by atoms with Crippen LogP contribution in [0.4, 0.5) is 0 Å². The predicted molar refractivity (Wildman–Crippen MR) is 86.6 cm³/mol. The van der Waals surface area contributed by atoms with Gasteiger partial charge >= 0.3 is 0 Å². The number of rotatable bonds is 8. The Morgan fingerprint density at radius 1 is 1.08 bits per heavy atom. The minimum atomic E-state index is -1.63. The van der Waals surface area contributed by atoms with E-state index in [4.69, 9.17) is 14.6 Å². The first-order valence-corrected chi connectivity index (χ1v) is 8.23. The molecule has 26 heavy (non-hydrogen) atoms. The van der Waals surface area contributed by atoms with Crippen molar-refractivity contribution in [3.05, 3.63) is 0 Å². The topological polar surface area (TPSA) is 178 Å². The summed E-state index contributed by atoms with van der Waals surface area (Å²) in [7, 11) is 0. The van der Waals surface area contributed by atoms with E-state index in [2.05, 4.69) is 10.6 Å². The molecule has 0 saturated carbocycles. The van der Waals surface area contributed by atoms with Gasteiger partial charge in [0.15, 0.2) is 6.29 Å². The molecule has 0 bridgehead atoms. The Morgan fingerprint density at radius 3 is 2.08 bits per heavy atom. The number of carbonyl (C=O) groups is 2. The van der Waals surface area contributed by atoms with Crippen LogP contribution < -0.4 is 10.6 Å². The Morgan fingerprint density at radius 2 is 1.62 bits per heavy atom. The summed E-state index contributed by atoms with van der Waals surface area (Å²) in [5.41, 5.74) is 0. The number of hydrogen-bond acceptors (Lipinski definition) is 9. The Balaban J connectivity index is 3.06. The number of carbonyl (C=O) groups excluding carboxylic acids is 2. The molecule has 1 heterocycles. The molecule has 1 saturated heterocycles. The van der Waals surface area contributed by atoms with Gasteiger partial charge in [-0.1, -0.05) is 0 Å². The van der Waals surface area contributed by atoms with Crippen LogP contribution in [0.25, 0.3) is 0 Å². The lowest BCUT2D eigenvalue weighted by Gasteiger charge is -2.45. The fourth-order valence-electron chi connectivity index (χ4n) is 2.73. The van der Waals surface area contributed by atoms with Gasteiger partial charge < -0.3 is 45.6 Å². The molecule has 11 nitrogen and oxygen atoms in total. The third-order valence-electron chi connectivity index (χ3n) is 4.07. The van der Waals surface area contributed by atoms with Gasteiger partial charge in [0.05, 0.1) is 25.4 Å². The summed E-state index contributed by atoms with van der Waals surface area (Å²) in [5.74, 6) is -0.938. The molecule has 0 aromatic carbocycles. The molecule has 2 amide bonds. The molecule has 0 aromatic rings. The van der Waals surface area contributed by atoms with Crippen LogP contribution in [-0.4, -0.2) is 99.5 Å². The third-order valence-corrected chi connectivity index (χ3v) is 4.07. The van der Waals surface area contributed by atoms with Crippen LogP contribution in [0.1, 0.15) is 20.8 Å². The highest BCUT2D eigenvalue weighted by Crippen LogP contribution is 2.24. The average Bonchev–Trinajstić information content (AvgIpc) is 2.57. The first-order valence-electron chi connectivity index (χ1n) is 8.23. The zero-order valence-corrected chi connectivity index (χ0v) is 14.9. The second-order valence-corrected chi connectivity index (χ2v) is 6.25. The highest BCUT2D eigenvalue weighted by atomic mass is 16.7. The van der Waals surface area contributed by atoms with Gasteiger partial charge in [-0.3, -0.25) is 9.59 Å². The smallest absolute Gasteiger partial charge is 0.217 e. The van der Waals surface area contributed by atoms with Crippen molar-refractivity contribution >= 4 is 11.8 Å². The number of hydrogen-bond donors (Lipinski definition) is 7. The second kappa shape index (κ2) is 10.1. The fourth-order valence-corrected chi connectivity index (χ4v) is 2.73. The summed E-state index contributed by atoms with van der Waals surface area (Å²) < 4.78 is 11.0.